The van der Waals surface area contributed by atoms with E-state index in [1.165, 1.54) is 6.07 Å². The number of nitrogens with one attached hydrogen (secondary N) is 1. The summed E-state index contributed by atoms with van der Waals surface area (Å²) in [6.45, 7) is 1.15. The largest absolute Gasteiger partial charge is 0.504 e. The molecule has 8 nitrogen and oxygen atoms in total. The zero-order valence-corrected chi connectivity index (χ0v) is 17.9. The lowest BCUT2D eigenvalue weighted by Crippen LogP contribution is -2.27. The molecule has 8 heteroatoms. The highest BCUT2D eigenvalue weighted by Crippen LogP contribution is 2.29. The number of hydrogen-bond donors (Lipinski definition) is 4. The van der Waals surface area contributed by atoms with Crippen LogP contribution in [0.5, 0.6) is 17.2 Å². The zero-order chi connectivity index (χ0) is 23.6. The van der Waals surface area contributed by atoms with Crippen molar-refractivity contribution in [2.75, 3.05) is 26.4 Å². The van der Waals surface area contributed by atoms with Crippen molar-refractivity contribution < 1.29 is 29.3 Å². The Bertz CT molecular complexity index is 1070. The Labute approximate surface area is 191 Å². The van der Waals surface area contributed by atoms with Crippen LogP contribution in [0.2, 0.25) is 0 Å². The molecule has 0 spiro atoms. The normalized spacial score (nSPS) is 11.5. The molecule has 1 unspecified atom stereocenters. The SMILES string of the molecule is NC(c1ccccc1)c1ccc(OCCOCCNC(=O)c2cc(O)c(O)c(C=O)c2)cc1. The van der Waals surface area contributed by atoms with Crippen molar-refractivity contribution in [3.05, 3.63) is 89.0 Å². The van der Waals surface area contributed by atoms with Gasteiger partial charge in [-0.2, -0.15) is 0 Å². The van der Waals surface area contributed by atoms with E-state index < -0.39 is 17.4 Å². The monoisotopic (exact) mass is 450 g/mol. The first-order chi connectivity index (χ1) is 16.0. The lowest BCUT2D eigenvalue weighted by atomic mass is 10.00. The van der Waals surface area contributed by atoms with Crippen LogP contribution in [0.3, 0.4) is 0 Å². The molecular formula is C25H26N2O6. The minimum Gasteiger partial charge on any atom is -0.504 e. The summed E-state index contributed by atoms with van der Waals surface area (Å²) in [6, 6.07) is 19.5. The Hall–Kier alpha value is -3.88. The third-order valence-electron chi connectivity index (χ3n) is 4.93. The minimum absolute atomic E-state index is 0.0613. The third kappa shape index (κ3) is 6.55. The van der Waals surface area contributed by atoms with Gasteiger partial charge in [0, 0.05) is 12.1 Å². The summed E-state index contributed by atoms with van der Waals surface area (Å²) < 4.78 is 11.1. The molecule has 3 aromatic rings. The molecule has 5 N–H and O–H groups in total. The van der Waals surface area contributed by atoms with Gasteiger partial charge in [0.1, 0.15) is 12.4 Å². The van der Waals surface area contributed by atoms with Crippen molar-refractivity contribution in [2.24, 2.45) is 5.73 Å². The van der Waals surface area contributed by atoms with Crippen LogP contribution in [0.4, 0.5) is 0 Å². The number of nitrogens with two attached hydrogens (primary N) is 1. The fourth-order valence-corrected chi connectivity index (χ4v) is 3.15. The third-order valence-corrected chi connectivity index (χ3v) is 4.93. The molecule has 0 aliphatic heterocycles. The molecule has 3 rings (SSSR count). The van der Waals surface area contributed by atoms with Gasteiger partial charge in [0.05, 0.1) is 24.8 Å². The maximum atomic E-state index is 12.1. The number of hydrogen-bond acceptors (Lipinski definition) is 7. The van der Waals surface area contributed by atoms with Gasteiger partial charge in [0.15, 0.2) is 17.8 Å². The molecule has 33 heavy (non-hydrogen) atoms. The van der Waals surface area contributed by atoms with Gasteiger partial charge in [0.25, 0.3) is 5.91 Å². The molecule has 1 amide bonds. The first-order valence-corrected chi connectivity index (χ1v) is 10.4. The van der Waals surface area contributed by atoms with E-state index in [1.807, 2.05) is 54.6 Å². The molecule has 0 saturated heterocycles. The molecule has 0 heterocycles. The number of phenolic OH excluding ortho intramolecular Hbond substituents is 2. The van der Waals surface area contributed by atoms with Crippen LogP contribution in [0.1, 0.15) is 37.9 Å². The molecule has 3 aromatic carbocycles. The topological polar surface area (TPSA) is 131 Å². The fraction of sp³-hybridized carbons (Fsp3) is 0.200. The molecule has 0 fully saturated rings. The number of aldehydes is 1. The van der Waals surface area contributed by atoms with E-state index in [1.54, 1.807) is 0 Å². The quantitative estimate of drug-likeness (QED) is 0.201. The van der Waals surface area contributed by atoms with Gasteiger partial charge in [-0.1, -0.05) is 42.5 Å². The van der Waals surface area contributed by atoms with E-state index in [0.29, 0.717) is 25.2 Å². The Morgan fingerprint density at radius 1 is 0.970 bits per heavy atom. The van der Waals surface area contributed by atoms with Gasteiger partial charge < -0.3 is 30.7 Å². The number of benzene rings is 3. The summed E-state index contributed by atoms with van der Waals surface area (Å²) in [5.74, 6) is -0.886. The second-order valence-electron chi connectivity index (χ2n) is 7.23. The van der Waals surface area contributed by atoms with Crippen LogP contribution < -0.4 is 15.8 Å². The van der Waals surface area contributed by atoms with Crippen molar-refractivity contribution in [3.63, 3.8) is 0 Å². The van der Waals surface area contributed by atoms with Crippen LogP contribution in [0, 0.1) is 0 Å². The van der Waals surface area contributed by atoms with Crippen molar-refractivity contribution >= 4 is 12.2 Å². The van der Waals surface area contributed by atoms with Gasteiger partial charge in [-0.3, -0.25) is 9.59 Å². The fourth-order valence-electron chi connectivity index (χ4n) is 3.15. The maximum absolute atomic E-state index is 12.1. The van der Waals surface area contributed by atoms with E-state index in [-0.39, 0.29) is 30.3 Å². The Morgan fingerprint density at radius 2 is 1.67 bits per heavy atom. The molecule has 0 saturated carbocycles. The molecule has 0 bridgehead atoms. The molecular weight excluding hydrogens is 424 g/mol. The summed E-state index contributed by atoms with van der Waals surface area (Å²) in [5.41, 5.74) is 8.22. The van der Waals surface area contributed by atoms with E-state index in [0.717, 1.165) is 17.2 Å². The smallest absolute Gasteiger partial charge is 0.251 e. The average Bonchev–Trinajstić information content (AvgIpc) is 2.85. The van der Waals surface area contributed by atoms with Gasteiger partial charge in [-0.25, -0.2) is 0 Å². The highest BCUT2D eigenvalue weighted by atomic mass is 16.5. The second kappa shape index (κ2) is 11.7. The van der Waals surface area contributed by atoms with E-state index in [4.69, 9.17) is 15.2 Å². The molecule has 1 atom stereocenters. The van der Waals surface area contributed by atoms with Crippen molar-refractivity contribution in [1.82, 2.24) is 5.32 Å². The van der Waals surface area contributed by atoms with Gasteiger partial charge in [-0.05, 0) is 35.4 Å². The Balaban J connectivity index is 1.34. The van der Waals surface area contributed by atoms with Crippen molar-refractivity contribution in [2.45, 2.75) is 6.04 Å². The average molecular weight is 450 g/mol. The number of carbonyl (C=O) groups excluding carboxylic acids is 2. The van der Waals surface area contributed by atoms with Gasteiger partial charge in [-0.15, -0.1) is 0 Å². The maximum Gasteiger partial charge on any atom is 0.251 e. The number of amides is 1. The Morgan fingerprint density at radius 3 is 2.36 bits per heavy atom. The first-order valence-electron chi connectivity index (χ1n) is 10.4. The predicted molar refractivity (Wildman–Crippen MR) is 123 cm³/mol. The molecule has 0 aromatic heterocycles. The van der Waals surface area contributed by atoms with E-state index in [9.17, 15) is 19.8 Å². The summed E-state index contributed by atoms with van der Waals surface area (Å²) >= 11 is 0. The summed E-state index contributed by atoms with van der Waals surface area (Å²) in [7, 11) is 0. The zero-order valence-electron chi connectivity index (χ0n) is 17.9. The standard InChI is InChI=1S/C25H26N2O6/c26-23(17-4-2-1-3-5-17)18-6-8-21(9-7-18)33-13-12-32-11-10-27-25(31)19-14-20(16-28)24(30)22(29)15-19/h1-9,14-16,23,29-30H,10-13,26H2,(H,27,31). The highest BCUT2D eigenvalue weighted by Gasteiger charge is 2.13. The molecule has 0 radical (unpaired) electrons. The number of rotatable bonds is 11. The molecule has 0 aliphatic carbocycles. The minimum atomic E-state index is -0.557. The molecule has 172 valence electrons. The highest BCUT2D eigenvalue weighted by molar-refractivity contribution is 5.97. The lowest BCUT2D eigenvalue weighted by Gasteiger charge is -2.13. The summed E-state index contributed by atoms with van der Waals surface area (Å²) in [6.07, 6.45) is 0.361. The van der Waals surface area contributed by atoms with Crippen LogP contribution in [-0.4, -0.2) is 48.8 Å². The lowest BCUT2D eigenvalue weighted by molar-refractivity contribution is 0.0866. The van der Waals surface area contributed by atoms with E-state index >= 15 is 0 Å². The van der Waals surface area contributed by atoms with Crippen LogP contribution in [0.25, 0.3) is 0 Å². The molecule has 0 aliphatic rings. The number of carbonyl (C=O) groups is 2. The number of aromatic hydroxyl groups is 2. The second-order valence-corrected chi connectivity index (χ2v) is 7.23. The summed E-state index contributed by atoms with van der Waals surface area (Å²) in [5, 5.41) is 21.7. The number of ether oxygens (including phenoxy) is 2. The van der Waals surface area contributed by atoms with E-state index in [2.05, 4.69) is 5.32 Å². The Kier molecular flexibility index (Phi) is 8.40. The van der Waals surface area contributed by atoms with Gasteiger partial charge in [0.2, 0.25) is 0 Å². The predicted octanol–water partition coefficient (Wildman–Crippen LogP) is 2.78. The van der Waals surface area contributed by atoms with Crippen LogP contribution in [0.15, 0.2) is 66.7 Å². The summed E-state index contributed by atoms with van der Waals surface area (Å²) in [4.78, 5) is 23.0. The van der Waals surface area contributed by atoms with Crippen LogP contribution in [-0.2, 0) is 4.74 Å². The van der Waals surface area contributed by atoms with Crippen molar-refractivity contribution in [3.8, 4) is 17.2 Å². The first kappa shape index (κ1) is 23.8. The van der Waals surface area contributed by atoms with Gasteiger partial charge >= 0.3 is 0 Å². The van der Waals surface area contributed by atoms with Crippen LogP contribution >= 0.6 is 0 Å². The number of phenols is 2. The van der Waals surface area contributed by atoms with Crippen molar-refractivity contribution in [1.29, 1.82) is 0 Å².